The molecule has 0 saturated heterocycles. The second-order valence-electron chi connectivity index (χ2n) is 5.57. The summed E-state index contributed by atoms with van der Waals surface area (Å²) in [4.78, 5) is 9.38. The van der Waals surface area contributed by atoms with Gasteiger partial charge in [0.25, 0.3) is 0 Å². The topological polar surface area (TPSA) is 38.9 Å². The third-order valence-electron chi connectivity index (χ3n) is 4.02. The van der Waals surface area contributed by atoms with Crippen LogP contribution in [0.1, 0.15) is 5.69 Å². The fraction of sp³-hybridized carbons (Fsp3) is 0.0476. The summed E-state index contributed by atoms with van der Waals surface area (Å²) in [5.74, 6) is 1.64. The number of rotatable bonds is 4. The van der Waals surface area contributed by atoms with Gasteiger partial charge in [-0.1, -0.05) is 48.5 Å². The number of para-hydroxylation sites is 2. The average molecular weight is 327 g/mol. The summed E-state index contributed by atoms with van der Waals surface area (Å²) in [5, 5.41) is 0. The maximum absolute atomic E-state index is 5.36. The van der Waals surface area contributed by atoms with E-state index in [1.807, 2.05) is 66.9 Å². The second kappa shape index (κ2) is 6.61. The van der Waals surface area contributed by atoms with Gasteiger partial charge in [0.05, 0.1) is 18.8 Å². The van der Waals surface area contributed by atoms with Crippen molar-refractivity contribution in [2.45, 2.75) is 0 Å². The molecular weight excluding hydrogens is 310 g/mol. The Morgan fingerprint density at radius 3 is 2.52 bits per heavy atom. The van der Waals surface area contributed by atoms with Crippen molar-refractivity contribution in [1.29, 1.82) is 0 Å². The van der Waals surface area contributed by atoms with E-state index < -0.39 is 0 Å². The number of aromatic nitrogens is 2. The quantitative estimate of drug-likeness (QED) is 0.507. The third-order valence-corrected chi connectivity index (χ3v) is 4.02. The van der Waals surface area contributed by atoms with E-state index in [0.29, 0.717) is 0 Å². The largest absolute Gasteiger partial charge is 0.494 e. The van der Waals surface area contributed by atoms with Crippen LogP contribution >= 0.6 is 0 Å². The van der Waals surface area contributed by atoms with Crippen LogP contribution < -0.4 is 4.74 Å². The first kappa shape index (κ1) is 15.1. The molecule has 25 heavy (non-hydrogen) atoms. The summed E-state index contributed by atoms with van der Waals surface area (Å²) >= 11 is 0. The van der Waals surface area contributed by atoms with Gasteiger partial charge in [0.1, 0.15) is 23.0 Å². The lowest BCUT2D eigenvalue weighted by atomic mass is 10.2. The molecule has 0 radical (unpaired) electrons. The van der Waals surface area contributed by atoms with Crippen LogP contribution in [0.3, 0.4) is 0 Å². The van der Waals surface area contributed by atoms with E-state index in [1.165, 1.54) is 0 Å². The Kier molecular flexibility index (Phi) is 4.01. The Labute approximate surface area is 146 Å². The molecule has 4 nitrogen and oxygen atoms in total. The van der Waals surface area contributed by atoms with E-state index in [9.17, 15) is 0 Å². The summed E-state index contributed by atoms with van der Waals surface area (Å²) < 4.78 is 7.44. The van der Waals surface area contributed by atoms with Crippen LogP contribution in [0.4, 0.5) is 5.69 Å². The average Bonchev–Trinajstić information content (AvgIpc) is 3.06. The monoisotopic (exact) mass is 327 g/mol. The SMILES string of the molecule is COc1ccccc1N=Cc1nc(-c2ccccc2)n2ccccc12. The molecule has 2 aromatic carbocycles. The summed E-state index contributed by atoms with van der Waals surface area (Å²) in [7, 11) is 1.65. The van der Waals surface area contributed by atoms with Gasteiger partial charge in [-0.05, 0) is 24.3 Å². The lowest BCUT2D eigenvalue weighted by molar-refractivity contribution is 0.416. The minimum Gasteiger partial charge on any atom is -0.494 e. The molecule has 0 fully saturated rings. The molecule has 2 heterocycles. The molecule has 4 rings (SSSR count). The summed E-state index contributed by atoms with van der Waals surface area (Å²) in [6.07, 6.45) is 3.81. The van der Waals surface area contributed by atoms with Gasteiger partial charge in [-0.3, -0.25) is 9.39 Å². The van der Waals surface area contributed by atoms with E-state index in [2.05, 4.69) is 21.5 Å². The van der Waals surface area contributed by atoms with E-state index in [1.54, 1.807) is 13.3 Å². The van der Waals surface area contributed by atoms with Gasteiger partial charge in [-0.25, -0.2) is 4.98 Å². The van der Waals surface area contributed by atoms with E-state index >= 15 is 0 Å². The van der Waals surface area contributed by atoms with E-state index in [0.717, 1.165) is 34.0 Å². The zero-order valence-corrected chi connectivity index (χ0v) is 13.8. The standard InChI is InChI=1S/C21H17N3O/c1-25-20-13-6-5-11-17(20)22-15-18-19-12-7-8-14-24(19)21(23-18)16-9-3-2-4-10-16/h2-15H,1H3. The highest BCUT2D eigenvalue weighted by molar-refractivity contribution is 5.90. The maximum atomic E-state index is 5.36. The Morgan fingerprint density at radius 2 is 1.68 bits per heavy atom. The lowest BCUT2D eigenvalue weighted by Crippen LogP contribution is -1.87. The smallest absolute Gasteiger partial charge is 0.145 e. The Balaban J connectivity index is 1.82. The molecule has 0 aliphatic rings. The van der Waals surface area contributed by atoms with Crippen molar-refractivity contribution < 1.29 is 4.74 Å². The highest BCUT2D eigenvalue weighted by Crippen LogP contribution is 2.27. The molecular formula is C21H17N3O. The van der Waals surface area contributed by atoms with Crippen LogP contribution in [0, 0.1) is 0 Å². The van der Waals surface area contributed by atoms with Crippen molar-refractivity contribution in [2.24, 2.45) is 4.99 Å². The number of ether oxygens (including phenoxy) is 1. The first-order valence-electron chi connectivity index (χ1n) is 8.06. The summed E-state index contributed by atoms with van der Waals surface area (Å²) in [5.41, 5.74) is 3.69. The van der Waals surface area contributed by atoms with Crippen molar-refractivity contribution in [1.82, 2.24) is 9.38 Å². The summed E-state index contributed by atoms with van der Waals surface area (Å²) in [6, 6.07) is 23.9. The van der Waals surface area contributed by atoms with Crippen molar-refractivity contribution in [3.63, 3.8) is 0 Å². The normalized spacial score (nSPS) is 11.2. The molecule has 0 saturated carbocycles. The minimum atomic E-state index is 0.741. The highest BCUT2D eigenvalue weighted by atomic mass is 16.5. The Hall–Kier alpha value is -3.40. The molecule has 0 amide bonds. The number of benzene rings is 2. The Morgan fingerprint density at radius 1 is 0.920 bits per heavy atom. The third kappa shape index (κ3) is 2.90. The molecule has 122 valence electrons. The predicted molar refractivity (Wildman–Crippen MR) is 101 cm³/mol. The molecule has 2 aromatic heterocycles. The highest BCUT2D eigenvalue weighted by Gasteiger charge is 2.10. The number of methoxy groups -OCH3 is 1. The molecule has 4 heteroatoms. The predicted octanol–water partition coefficient (Wildman–Crippen LogP) is 4.76. The van der Waals surface area contributed by atoms with Gasteiger partial charge >= 0.3 is 0 Å². The van der Waals surface area contributed by atoms with Gasteiger partial charge in [-0.15, -0.1) is 0 Å². The number of nitrogens with zero attached hydrogens (tertiary/aromatic N) is 3. The van der Waals surface area contributed by atoms with Crippen molar-refractivity contribution in [2.75, 3.05) is 7.11 Å². The number of fused-ring (bicyclic) bond motifs is 1. The zero-order valence-electron chi connectivity index (χ0n) is 13.8. The van der Waals surface area contributed by atoms with Crippen molar-refractivity contribution in [3.05, 3.63) is 84.7 Å². The fourth-order valence-electron chi connectivity index (χ4n) is 2.81. The number of hydrogen-bond acceptors (Lipinski definition) is 3. The van der Waals surface area contributed by atoms with Crippen LogP contribution in [-0.2, 0) is 0 Å². The second-order valence-corrected chi connectivity index (χ2v) is 5.57. The molecule has 0 unspecified atom stereocenters. The number of pyridine rings is 1. The van der Waals surface area contributed by atoms with Crippen LogP contribution in [-0.4, -0.2) is 22.7 Å². The van der Waals surface area contributed by atoms with E-state index in [4.69, 9.17) is 9.72 Å². The molecule has 0 aliphatic heterocycles. The molecule has 0 atom stereocenters. The minimum absolute atomic E-state index is 0.741. The number of hydrogen-bond donors (Lipinski definition) is 0. The van der Waals surface area contributed by atoms with Gasteiger partial charge in [0, 0.05) is 11.8 Å². The molecule has 0 bridgehead atoms. The first-order chi connectivity index (χ1) is 12.4. The number of aliphatic imine (C=N–C) groups is 1. The van der Waals surface area contributed by atoms with Gasteiger partial charge in [0.15, 0.2) is 0 Å². The lowest BCUT2D eigenvalue weighted by Gasteiger charge is -2.02. The van der Waals surface area contributed by atoms with Crippen molar-refractivity contribution >= 4 is 17.4 Å². The van der Waals surface area contributed by atoms with Gasteiger partial charge < -0.3 is 4.74 Å². The zero-order chi connectivity index (χ0) is 17.1. The van der Waals surface area contributed by atoms with Crippen LogP contribution in [0.25, 0.3) is 16.9 Å². The summed E-state index contributed by atoms with van der Waals surface area (Å²) in [6.45, 7) is 0. The van der Waals surface area contributed by atoms with Gasteiger partial charge in [-0.2, -0.15) is 0 Å². The number of imidazole rings is 1. The van der Waals surface area contributed by atoms with Crippen LogP contribution in [0.2, 0.25) is 0 Å². The van der Waals surface area contributed by atoms with Crippen LogP contribution in [0.5, 0.6) is 5.75 Å². The molecule has 0 N–H and O–H groups in total. The first-order valence-corrected chi connectivity index (χ1v) is 8.06. The van der Waals surface area contributed by atoms with Crippen LogP contribution in [0.15, 0.2) is 84.0 Å². The van der Waals surface area contributed by atoms with Crippen molar-refractivity contribution in [3.8, 4) is 17.1 Å². The molecule has 0 spiro atoms. The maximum Gasteiger partial charge on any atom is 0.145 e. The molecule has 0 aliphatic carbocycles. The Bertz CT molecular complexity index is 1040. The van der Waals surface area contributed by atoms with E-state index in [-0.39, 0.29) is 0 Å². The fourth-order valence-corrected chi connectivity index (χ4v) is 2.81. The molecule has 4 aromatic rings. The van der Waals surface area contributed by atoms with Gasteiger partial charge in [0.2, 0.25) is 0 Å².